The number of benzene rings is 2. The van der Waals surface area contributed by atoms with Gasteiger partial charge in [0.25, 0.3) is 11.8 Å². The first-order valence-electron chi connectivity index (χ1n) is 9.25. The molecule has 30 heavy (non-hydrogen) atoms. The highest BCUT2D eigenvalue weighted by Crippen LogP contribution is 2.28. The second kappa shape index (κ2) is 9.97. The number of furan rings is 1. The van der Waals surface area contributed by atoms with Crippen molar-refractivity contribution < 1.29 is 23.5 Å². The number of hydrogen-bond donors (Lipinski definition) is 2. The molecule has 0 spiro atoms. The molecule has 0 atom stereocenters. The largest absolute Gasteiger partial charge is 0.493 e. The molecule has 0 fully saturated rings. The van der Waals surface area contributed by atoms with Crippen molar-refractivity contribution in [3.63, 3.8) is 0 Å². The number of ether oxygens (including phenoxy) is 2. The minimum Gasteiger partial charge on any atom is -0.493 e. The van der Waals surface area contributed by atoms with E-state index in [1.807, 2.05) is 0 Å². The van der Waals surface area contributed by atoms with E-state index in [9.17, 15) is 9.59 Å². The third-order valence-corrected chi connectivity index (χ3v) is 4.21. The molecule has 0 unspecified atom stereocenters. The number of para-hydroxylation sites is 1. The van der Waals surface area contributed by atoms with Gasteiger partial charge in [-0.05, 0) is 42.5 Å². The average Bonchev–Trinajstić information content (AvgIpc) is 3.30. The Labute approximate surface area is 174 Å². The van der Waals surface area contributed by atoms with Crippen LogP contribution in [0.1, 0.15) is 26.5 Å². The lowest BCUT2D eigenvalue weighted by Crippen LogP contribution is -2.24. The second-order valence-electron chi connectivity index (χ2n) is 6.23. The highest BCUT2D eigenvalue weighted by molar-refractivity contribution is 6.09. The van der Waals surface area contributed by atoms with Gasteiger partial charge in [0.1, 0.15) is 12.4 Å². The van der Waals surface area contributed by atoms with Crippen LogP contribution in [0.15, 0.2) is 77.9 Å². The SMILES string of the molecule is C=CCOc1ccc(C(=O)Nc2ccccc2C(=O)NCc2ccco2)cc1OC. The summed E-state index contributed by atoms with van der Waals surface area (Å²) in [4.78, 5) is 25.3. The van der Waals surface area contributed by atoms with Crippen LogP contribution in [-0.2, 0) is 6.54 Å². The van der Waals surface area contributed by atoms with Gasteiger partial charge in [0, 0.05) is 5.56 Å². The van der Waals surface area contributed by atoms with E-state index in [1.54, 1.807) is 60.7 Å². The molecule has 154 valence electrons. The Bertz CT molecular complexity index is 1030. The van der Waals surface area contributed by atoms with Gasteiger partial charge in [-0.2, -0.15) is 0 Å². The first-order chi connectivity index (χ1) is 14.6. The normalized spacial score (nSPS) is 10.2. The Morgan fingerprint density at radius 3 is 2.63 bits per heavy atom. The van der Waals surface area contributed by atoms with Gasteiger partial charge < -0.3 is 24.5 Å². The van der Waals surface area contributed by atoms with Gasteiger partial charge in [0.2, 0.25) is 0 Å². The third-order valence-electron chi connectivity index (χ3n) is 4.21. The van der Waals surface area contributed by atoms with Crippen LogP contribution in [0.4, 0.5) is 5.69 Å². The quantitative estimate of drug-likeness (QED) is 0.524. The van der Waals surface area contributed by atoms with Crippen LogP contribution < -0.4 is 20.1 Å². The number of rotatable bonds is 9. The average molecular weight is 406 g/mol. The Balaban J connectivity index is 1.73. The van der Waals surface area contributed by atoms with Crippen LogP contribution in [-0.4, -0.2) is 25.5 Å². The number of carbonyl (C=O) groups excluding carboxylic acids is 2. The van der Waals surface area contributed by atoms with Crippen LogP contribution in [0, 0.1) is 0 Å². The number of amides is 2. The summed E-state index contributed by atoms with van der Waals surface area (Å²) < 4.78 is 16.0. The molecular weight excluding hydrogens is 384 g/mol. The number of hydrogen-bond acceptors (Lipinski definition) is 5. The zero-order chi connectivity index (χ0) is 21.3. The first kappa shape index (κ1) is 20.7. The van der Waals surface area contributed by atoms with E-state index in [2.05, 4.69) is 17.2 Å². The summed E-state index contributed by atoms with van der Waals surface area (Å²) in [6, 6.07) is 15.1. The van der Waals surface area contributed by atoms with Gasteiger partial charge >= 0.3 is 0 Å². The summed E-state index contributed by atoms with van der Waals surface area (Å²) in [6.07, 6.45) is 3.16. The van der Waals surface area contributed by atoms with Crippen molar-refractivity contribution in [2.45, 2.75) is 6.54 Å². The van der Waals surface area contributed by atoms with Crippen molar-refractivity contribution in [3.05, 3.63) is 90.4 Å². The summed E-state index contributed by atoms with van der Waals surface area (Å²) in [5.41, 5.74) is 1.10. The number of carbonyl (C=O) groups is 2. The highest BCUT2D eigenvalue weighted by Gasteiger charge is 2.16. The van der Waals surface area contributed by atoms with Gasteiger partial charge in [-0.15, -0.1) is 0 Å². The molecule has 0 radical (unpaired) electrons. The van der Waals surface area contributed by atoms with Crippen LogP contribution in [0.25, 0.3) is 0 Å². The topological polar surface area (TPSA) is 89.8 Å². The molecule has 1 heterocycles. The number of anilines is 1. The fraction of sp³-hybridized carbons (Fsp3) is 0.130. The van der Waals surface area contributed by atoms with Gasteiger partial charge in [-0.3, -0.25) is 9.59 Å². The number of nitrogens with one attached hydrogen (secondary N) is 2. The van der Waals surface area contributed by atoms with Crippen LogP contribution in [0.5, 0.6) is 11.5 Å². The van der Waals surface area contributed by atoms with Crippen molar-refractivity contribution in [1.29, 1.82) is 0 Å². The van der Waals surface area contributed by atoms with Crippen molar-refractivity contribution >= 4 is 17.5 Å². The molecule has 7 nitrogen and oxygen atoms in total. The summed E-state index contributed by atoms with van der Waals surface area (Å²) in [5, 5.41) is 5.55. The standard InChI is InChI=1S/C23H22N2O5/c1-3-12-30-20-11-10-16(14-21(20)28-2)22(26)25-19-9-5-4-8-18(19)23(27)24-15-17-7-6-13-29-17/h3-11,13-14H,1,12,15H2,2H3,(H,24,27)(H,25,26). The lowest BCUT2D eigenvalue weighted by molar-refractivity contribution is 0.0949. The molecule has 2 amide bonds. The summed E-state index contributed by atoms with van der Waals surface area (Å²) in [6.45, 7) is 4.18. The predicted octanol–water partition coefficient (Wildman–Crippen LogP) is 4.04. The maximum absolute atomic E-state index is 12.8. The first-order valence-corrected chi connectivity index (χ1v) is 9.25. The van der Waals surface area contributed by atoms with E-state index in [1.165, 1.54) is 13.4 Å². The van der Waals surface area contributed by atoms with Gasteiger partial charge in [-0.1, -0.05) is 24.8 Å². The minimum atomic E-state index is -0.380. The van der Waals surface area contributed by atoms with Gasteiger partial charge in [0.05, 0.1) is 31.2 Å². The Morgan fingerprint density at radius 1 is 1.07 bits per heavy atom. The third kappa shape index (κ3) is 5.08. The summed E-state index contributed by atoms with van der Waals surface area (Å²) in [5.74, 6) is 0.860. The molecule has 0 saturated carbocycles. The van der Waals surface area contributed by atoms with Crippen molar-refractivity contribution in [1.82, 2.24) is 5.32 Å². The van der Waals surface area contributed by atoms with Crippen LogP contribution >= 0.6 is 0 Å². The highest BCUT2D eigenvalue weighted by atomic mass is 16.5. The zero-order valence-electron chi connectivity index (χ0n) is 16.5. The second-order valence-corrected chi connectivity index (χ2v) is 6.23. The molecule has 0 aliphatic carbocycles. The maximum atomic E-state index is 12.8. The fourth-order valence-electron chi connectivity index (χ4n) is 2.74. The van der Waals surface area contributed by atoms with E-state index in [4.69, 9.17) is 13.9 Å². The van der Waals surface area contributed by atoms with E-state index < -0.39 is 0 Å². The van der Waals surface area contributed by atoms with E-state index in [-0.39, 0.29) is 18.4 Å². The van der Waals surface area contributed by atoms with Gasteiger partial charge in [-0.25, -0.2) is 0 Å². The molecule has 0 saturated heterocycles. The molecule has 3 aromatic rings. The molecule has 0 bridgehead atoms. The van der Waals surface area contributed by atoms with E-state index >= 15 is 0 Å². The molecule has 0 aliphatic rings. The molecule has 0 aliphatic heterocycles. The lowest BCUT2D eigenvalue weighted by atomic mass is 10.1. The maximum Gasteiger partial charge on any atom is 0.255 e. The van der Waals surface area contributed by atoms with E-state index in [0.29, 0.717) is 40.7 Å². The van der Waals surface area contributed by atoms with Crippen molar-refractivity contribution in [2.75, 3.05) is 19.0 Å². The summed E-state index contributed by atoms with van der Waals surface area (Å²) in [7, 11) is 1.50. The molecule has 7 heteroatoms. The minimum absolute atomic E-state index is 0.248. The fourth-order valence-corrected chi connectivity index (χ4v) is 2.74. The monoisotopic (exact) mass is 406 g/mol. The van der Waals surface area contributed by atoms with Crippen LogP contribution in [0.3, 0.4) is 0 Å². The smallest absolute Gasteiger partial charge is 0.255 e. The van der Waals surface area contributed by atoms with Crippen molar-refractivity contribution in [2.24, 2.45) is 0 Å². The molecule has 2 N–H and O–H groups in total. The van der Waals surface area contributed by atoms with E-state index in [0.717, 1.165) is 0 Å². The molecule has 2 aromatic carbocycles. The van der Waals surface area contributed by atoms with Crippen molar-refractivity contribution in [3.8, 4) is 11.5 Å². The molecule has 3 rings (SSSR count). The zero-order valence-corrected chi connectivity index (χ0v) is 16.5. The number of methoxy groups -OCH3 is 1. The van der Waals surface area contributed by atoms with Gasteiger partial charge in [0.15, 0.2) is 11.5 Å². The predicted molar refractivity (Wildman–Crippen MR) is 113 cm³/mol. The lowest BCUT2D eigenvalue weighted by Gasteiger charge is -2.13. The summed E-state index contributed by atoms with van der Waals surface area (Å²) >= 11 is 0. The Morgan fingerprint density at radius 2 is 1.90 bits per heavy atom. The van der Waals surface area contributed by atoms with Crippen LogP contribution in [0.2, 0.25) is 0 Å². The molecular formula is C23H22N2O5. The Kier molecular flexibility index (Phi) is 6.89. The molecule has 1 aromatic heterocycles. The Hall–Kier alpha value is -4.00.